The lowest BCUT2D eigenvalue weighted by molar-refractivity contribution is -0.130. The van der Waals surface area contributed by atoms with Gasteiger partial charge in [0.15, 0.2) is 0 Å². The lowest BCUT2D eigenvalue weighted by Crippen LogP contribution is -2.40. The summed E-state index contributed by atoms with van der Waals surface area (Å²) >= 11 is 1.73. The van der Waals surface area contributed by atoms with E-state index in [9.17, 15) is 9.90 Å². The summed E-state index contributed by atoms with van der Waals surface area (Å²) in [5, 5.41) is 9.31. The maximum atomic E-state index is 11.7. The summed E-state index contributed by atoms with van der Waals surface area (Å²) in [6.07, 6.45) is 3.67. The molecule has 0 radical (unpaired) electrons. The Labute approximate surface area is 96.2 Å². The molecule has 1 rings (SSSR count). The zero-order valence-electron chi connectivity index (χ0n) is 9.45. The van der Waals surface area contributed by atoms with Gasteiger partial charge in [-0.05, 0) is 25.0 Å². The third-order valence-corrected chi connectivity index (χ3v) is 3.71. The summed E-state index contributed by atoms with van der Waals surface area (Å²) in [5.41, 5.74) is 0. The van der Waals surface area contributed by atoms with Crippen molar-refractivity contribution >= 4 is 17.7 Å². The number of likely N-dealkylation sites (tertiary alicyclic amines) is 1. The van der Waals surface area contributed by atoms with Crippen LogP contribution >= 0.6 is 11.8 Å². The van der Waals surface area contributed by atoms with E-state index in [0.29, 0.717) is 5.75 Å². The number of carbonyl (C=O) groups is 1. The second kappa shape index (κ2) is 7.12. The molecule has 0 saturated carbocycles. The molecule has 3 nitrogen and oxygen atoms in total. The fraction of sp³-hybridized carbons (Fsp3) is 0.909. The van der Waals surface area contributed by atoms with Crippen molar-refractivity contribution in [3.63, 3.8) is 0 Å². The Bertz CT molecular complexity index is 191. The summed E-state index contributed by atoms with van der Waals surface area (Å²) in [4.78, 5) is 13.6. The van der Waals surface area contributed by atoms with Crippen LogP contribution in [0.2, 0.25) is 0 Å². The average Bonchev–Trinajstić information content (AvgIpc) is 2.25. The lowest BCUT2D eigenvalue weighted by atomic mass is 10.1. The van der Waals surface area contributed by atoms with Crippen LogP contribution in [0.1, 0.15) is 32.6 Å². The first-order valence-electron chi connectivity index (χ1n) is 5.77. The molecule has 1 aliphatic heterocycles. The Morgan fingerprint density at radius 1 is 1.47 bits per heavy atom. The minimum Gasteiger partial charge on any atom is -0.393 e. The molecule has 0 aliphatic carbocycles. The van der Waals surface area contributed by atoms with Crippen LogP contribution in [0.25, 0.3) is 0 Å². The number of thioether (sulfide) groups is 1. The van der Waals surface area contributed by atoms with Crippen LogP contribution in [0.3, 0.4) is 0 Å². The molecule has 0 aromatic carbocycles. The quantitative estimate of drug-likeness (QED) is 0.729. The van der Waals surface area contributed by atoms with Gasteiger partial charge in [0, 0.05) is 13.1 Å². The molecule has 88 valence electrons. The highest BCUT2D eigenvalue weighted by atomic mass is 32.2. The molecule has 1 saturated heterocycles. The summed E-state index contributed by atoms with van der Waals surface area (Å²) in [7, 11) is 0. The predicted molar refractivity (Wildman–Crippen MR) is 64.1 cm³/mol. The minimum absolute atomic E-state index is 0.193. The number of rotatable bonds is 5. The molecule has 0 bridgehead atoms. The third kappa shape index (κ3) is 4.89. The number of nitrogens with zero attached hydrogens (tertiary/aromatic N) is 1. The molecule has 4 heteroatoms. The van der Waals surface area contributed by atoms with Gasteiger partial charge >= 0.3 is 0 Å². The van der Waals surface area contributed by atoms with Crippen molar-refractivity contribution < 1.29 is 9.90 Å². The molecule has 0 unspecified atom stereocenters. The number of piperidine rings is 1. The maximum absolute atomic E-state index is 11.7. The number of hydrogen-bond donors (Lipinski definition) is 1. The predicted octanol–water partition coefficient (Wildman–Crippen LogP) is 1.50. The Morgan fingerprint density at radius 2 is 2.13 bits per heavy atom. The Balaban J connectivity index is 2.11. The van der Waals surface area contributed by atoms with Crippen LogP contribution in [0.5, 0.6) is 0 Å². The maximum Gasteiger partial charge on any atom is 0.232 e. The van der Waals surface area contributed by atoms with Gasteiger partial charge in [-0.2, -0.15) is 11.8 Å². The topological polar surface area (TPSA) is 40.5 Å². The molecule has 0 spiro atoms. The van der Waals surface area contributed by atoms with Crippen LogP contribution in [0, 0.1) is 0 Å². The number of aliphatic hydroxyl groups is 1. The van der Waals surface area contributed by atoms with E-state index in [4.69, 9.17) is 0 Å². The number of carbonyl (C=O) groups excluding carboxylic acids is 1. The summed E-state index contributed by atoms with van der Waals surface area (Å²) < 4.78 is 0. The van der Waals surface area contributed by atoms with Gasteiger partial charge in [0.2, 0.25) is 5.91 Å². The molecule has 1 fully saturated rings. The third-order valence-electron chi connectivity index (χ3n) is 2.68. The van der Waals surface area contributed by atoms with E-state index >= 15 is 0 Å². The Kier molecular flexibility index (Phi) is 6.10. The van der Waals surface area contributed by atoms with Crippen molar-refractivity contribution in [3.05, 3.63) is 0 Å². The Hall–Kier alpha value is -0.220. The molecule has 1 amide bonds. The first-order chi connectivity index (χ1) is 7.24. The standard InChI is InChI=1S/C11H21NO2S/c1-2-3-8-15-9-11(14)12-6-4-10(13)5-7-12/h10,13H,2-9H2,1H3. The monoisotopic (exact) mass is 231 g/mol. The SMILES string of the molecule is CCCCSCC(=O)N1CCC(O)CC1. The van der Waals surface area contributed by atoms with Crippen LogP contribution in [-0.4, -0.2) is 46.6 Å². The largest absolute Gasteiger partial charge is 0.393 e. The van der Waals surface area contributed by atoms with Gasteiger partial charge < -0.3 is 10.0 Å². The molecule has 0 atom stereocenters. The molecular weight excluding hydrogens is 210 g/mol. The fourth-order valence-electron chi connectivity index (χ4n) is 1.61. The number of hydrogen-bond acceptors (Lipinski definition) is 3. The zero-order chi connectivity index (χ0) is 11.1. The van der Waals surface area contributed by atoms with Crippen molar-refractivity contribution in [2.75, 3.05) is 24.6 Å². The molecule has 15 heavy (non-hydrogen) atoms. The van der Waals surface area contributed by atoms with Crippen LogP contribution in [0.15, 0.2) is 0 Å². The van der Waals surface area contributed by atoms with Crippen molar-refractivity contribution in [1.29, 1.82) is 0 Å². The van der Waals surface area contributed by atoms with E-state index < -0.39 is 0 Å². The molecule has 0 aromatic heterocycles. The smallest absolute Gasteiger partial charge is 0.232 e. The van der Waals surface area contributed by atoms with E-state index in [-0.39, 0.29) is 12.0 Å². The van der Waals surface area contributed by atoms with E-state index in [1.54, 1.807) is 11.8 Å². The van der Waals surface area contributed by atoms with Crippen molar-refractivity contribution in [2.24, 2.45) is 0 Å². The number of aliphatic hydroxyl groups excluding tert-OH is 1. The van der Waals surface area contributed by atoms with Gasteiger partial charge in [-0.15, -0.1) is 0 Å². The zero-order valence-corrected chi connectivity index (χ0v) is 10.3. The molecule has 0 aromatic rings. The van der Waals surface area contributed by atoms with E-state index in [1.165, 1.54) is 12.8 Å². The van der Waals surface area contributed by atoms with Gasteiger partial charge in [-0.3, -0.25) is 4.79 Å². The minimum atomic E-state index is -0.193. The molecule has 1 N–H and O–H groups in total. The van der Waals surface area contributed by atoms with Gasteiger partial charge in [-0.25, -0.2) is 0 Å². The van der Waals surface area contributed by atoms with Crippen molar-refractivity contribution in [3.8, 4) is 0 Å². The summed E-state index contributed by atoms with van der Waals surface area (Å²) in [6.45, 7) is 3.62. The van der Waals surface area contributed by atoms with Crippen LogP contribution in [-0.2, 0) is 4.79 Å². The highest BCUT2D eigenvalue weighted by molar-refractivity contribution is 7.99. The molecule has 1 aliphatic rings. The average molecular weight is 231 g/mol. The lowest BCUT2D eigenvalue weighted by Gasteiger charge is -2.29. The first kappa shape index (κ1) is 12.8. The molecule has 1 heterocycles. The van der Waals surface area contributed by atoms with Gasteiger partial charge in [0.1, 0.15) is 0 Å². The summed E-state index contributed by atoms with van der Waals surface area (Å²) in [5.74, 6) is 1.93. The van der Waals surface area contributed by atoms with Crippen LogP contribution < -0.4 is 0 Å². The van der Waals surface area contributed by atoms with Crippen molar-refractivity contribution in [2.45, 2.75) is 38.7 Å². The fourth-order valence-corrected chi connectivity index (χ4v) is 2.61. The normalized spacial score (nSPS) is 18.1. The highest BCUT2D eigenvalue weighted by Gasteiger charge is 2.20. The van der Waals surface area contributed by atoms with Crippen molar-refractivity contribution in [1.82, 2.24) is 4.90 Å². The highest BCUT2D eigenvalue weighted by Crippen LogP contribution is 2.12. The number of unbranched alkanes of at least 4 members (excludes halogenated alkanes) is 1. The van der Waals surface area contributed by atoms with Gasteiger partial charge in [-0.1, -0.05) is 13.3 Å². The Morgan fingerprint density at radius 3 is 2.73 bits per heavy atom. The van der Waals surface area contributed by atoms with Gasteiger partial charge in [0.25, 0.3) is 0 Å². The van der Waals surface area contributed by atoms with E-state index in [0.717, 1.165) is 31.7 Å². The molecular formula is C11H21NO2S. The summed E-state index contributed by atoms with van der Waals surface area (Å²) in [6, 6.07) is 0. The van der Waals surface area contributed by atoms with Crippen LogP contribution in [0.4, 0.5) is 0 Å². The van der Waals surface area contributed by atoms with E-state index in [2.05, 4.69) is 6.92 Å². The van der Waals surface area contributed by atoms with E-state index in [1.807, 2.05) is 4.90 Å². The second-order valence-corrected chi connectivity index (χ2v) is 5.12. The first-order valence-corrected chi connectivity index (χ1v) is 6.93. The van der Waals surface area contributed by atoms with Gasteiger partial charge in [0.05, 0.1) is 11.9 Å². The number of amides is 1. The second-order valence-electron chi connectivity index (χ2n) is 4.02.